The van der Waals surface area contributed by atoms with E-state index in [2.05, 4.69) is 35.8 Å². The molecule has 3 N–H and O–H groups in total. The molecule has 3 aromatic rings. The highest BCUT2D eigenvalue weighted by Crippen LogP contribution is 2.22. The second kappa shape index (κ2) is 7.64. The van der Waals surface area contributed by atoms with Gasteiger partial charge in [-0.25, -0.2) is 10.1 Å². The predicted octanol–water partition coefficient (Wildman–Crippen LogP) is 1.77. The van der Waals surface area contributed by atoms with Gasteiger partial charge in [-0.1, -0.05) is 19.1 Å². The van der Waals surface area contributed by atoms with Crippen LogP contribution in [0.1, 0.15) is 48.6 Å². The number of nitrogens with two attached hydrogens (primary N) is 1. The van der Waals surface area contributed by atoms with E-state index in [0.717, 1.165) is 5.57 Å². The SMILES string of the molecule is CC(/C=N/NC(=O)c1nnn(-c2nonc2N)c1C(C)C)=C\c1ccco1. The quantitative estimate of drug-likeness (QED) is 0.492. The van der Waals surface area contributed by atoms with Crippen molar-refractivity contribution in [2.45, 2.75) is 26.7 Å². The van der Waals surface area contributed by atoms with E-state index in [-0.39, 0.29) is 23.2 Å². The van der Waals surface area contributed by atoms with Crippen molar-refractivity contribution in [3.05, 3.63) is 41.1 Å². The summed E-state index contributed by atoms with van der Waals surface area (Å²) in [6.07, 6.45) is 4.86. The van der Waals surface area contributed by atoms with Gasteiger partial charge in [-0.2, -0.15) is 9.78 Å². The normalized spacial score (nSPS) is 12.2. The first-order valence-corrected chi connectivity index (χ1v) is 8.06. The molecule has 0 radical (unpaired) electrons. The van der Waals surface area contributed by atoms with Crippen LogP contribution in [0.15, 0.2) is 38.1 Å². The van der Waals surface area contributed by atoms with E-state index in [9.17, 15) is 4.79 Å². The van der Waals surface area contributed by atoms with Crippen LogP contribution in [0.4, 0.5) is 5.82 Å². The van der Waals surface area contributed by atoms with Gasteiger partial charge in [0, 0.05) is 0 Å². The van der Waals surface area contributed by atoms with Crippen LogP contribution >= 0.6 is 0 Å². The van der Waals surface area contributed by atoms with Crippen molar-refractivity contribution in [2.75, 3.05) is 5.73 Å². The number of nitrogens with one attached hydrogen (secondary N) is 1. The summed E-state index contributed by atoms with van der Waals surface area (Å²) in [5.74, 6) is 0.300. The number of hydrogen-bond acceptors (Lipinski definition) is 9. The number of furan rings is 1. The van der Waals surface area contributed by atoms with Crippen molar-refractivity contribution < 1.29 is 13.8 Å². The number of hydrazone groups is 1. The molecule has 27 heavy (non-hydrogen) atoms. The molecule has 0 aromatic carbocycles. The number of carbonyl (C=O) groups excluding carboxylic acids is 1. The fourth-order valence-corrected chi connectivity index (χ4v) is 2.34. The zero-order chi connectivity index (χ0) is 19.4. The van der Waals surface area contributed by atoms with Gasteiger partial charge < -0.3 is 10.2 Å². The minimum absolute atomic E-state index is 0.0467. The average Bonchev–Trinajstić information content (AvgIpc) is 3.34. The molecule has 0 aliphatic heterocycles. The summed E-state index contributed by atoms with van der Waals surface area (Å²) in [6.45, 7) is 5.60. The van der Waals surface area contributed by atoms with Crippen molar-refractivity contribution in [3.63, 3.8) is 0 Å². The fraction of sp³-hybridized carbons (Fsp3) is 0.250. The van der Waals surface area contributed by atoms with E-state index in [0.29, 0.717) is 11.5 Å². The first-order valence-electron chi connectivity index (χ1n) is 8.06. The molecule has 11 nitrogen and oxygen atoms in total. The molecule has 3 heterocycles. The number of anilines is 1. The number of nitrogen functional groups attached to an aromatic ring is 1. The average molecular weight is 370 g/mol. The predicted molar refractivity (Wildman–Crippen MR) is 96.0 cm³/mol. The lowest BCUT2D eigenvalue weighted by atomic mass is 10.1. The third-order valence-electron chi connectivity index (χ3n) is 3.51. The molecule has 0 spiro atoms. The van der Waals surface area contributed by atoms with E-state index in [4.69, 9.17) is 10.2 Å². The van der Waals surface area contributed by atoms with Crippen LogP contribution in [0.2, 0.25) is 0 Å². The monoisotopic (exact) mass is 370 g/mol. The summed E-state index contributed by atoms with van der Waals surface area (Å²) in [5.41, 5.74) is 9.54. The molecule has 11 heteroatoms. The van der Waals surface area contributed by atoms with Crippen LogP contribution in [0.25, 0.3) is 11.9 Å². The van der Waals surface area contributed by atoms with E-state index in [1.165, 1.54) is 10.9 Å². The summed E-state index contributed by atoms with van der Waals surface area (Å²) in [6, 6.07) is 3.60. The molecule has 0 fully saturated rings. The molecule has 3 rings (SSSR count). The Morgan fingerprint density at radius 3 is 2.85 bits per heavy atom. The summed E-state index contributed by atoms with van der Waals surface area (Å²) in [7, 11) is 0. The summed E-state index contributed by atoms with van der Waals surface area (Å²) in [4.78, 5) is 12.5. The molecule has 0 saturated carbocycles. The first kappa shape index (κ1) is 18.0. The Morgan fingerprint density at radius 2 is 2.22 bits per heavy atom. The highest BCUT2D eigenvalue weighted by molar-refractivity contribution is 5.94. The standard InChI is InChI=1S/C16H18N8O3/c1-9(2)13-12(19-23-24(13)15-14(17)21-27-22-15)16(25)20-18-8-10(3)7-11-5-4-6-26-11/h4-9H,1-3H3,(H2,17,21)(H,20,25)/b10-7+,18-8+. The molecule has 3 aromatic heterocycles. The van der Waals surface area contributed by atoms with Crippen molar-refractivity contribution >= 4 is 24.0 Å². The van der Waals surface area contributed by atoms with Crippen molar-refractivity contribution in [1.29, 1.82) is 0 Å². The minimum atomic E-state index is -0.512. The molecule has 0 bridgehead atoms. The maximum atomic E-state index is 12.5. The number of nitrogens with zero attached hydrogens (tertiary/aromatic N) is 6. The van der Waals surface area contributed by atoms with E-state index >= 15 is 0 Å². The largest absolute Gasteiger partial charge is 0.465 e. The van der Waals surface area contributed by atoms with Crippen LogP contribution < -0.4 is 11.2 Å². The Bertz CT molecular complexity index is 981. The van der Waals surface area contributed by atoms with E-state index in [1.807, 2.05) is 26.8 Å². The minimum Gasteiger partial charge on any atom is -0.465 e. The zero-order valence-corrected chi connectivity index (χ0v) is 14.9. The molecule has 0 saturated heterocycles. The zero-order valence-electron chi connectivity index (χ0n) is 14.9. The highest BCUT2D eigenvalue weighted by Gasteiger charge is 2.25. The van der Waals surface area contributed by atoms with Crippen LogP contribution in [-0.4, -0.2) is 37.4 Å². The lowest BCUT2D eigenvalue weighted by molar-refractivity contribution is 0.0948. The highest BCUT2D eigenvalue weighted by atomic mass is 16.6. The van der Waals surface area contributed by atoms with Crippen LogP contribution in [-0.2, 0) is 0 Å². The van der Waals surface area contributed by atoms with Gasteiger partial charge in [-0.3, -0.25) is 4.79 Å². The van der Waals surface area contributed by atoms with E-state index < -0.39 is 5.91 Å². The van der Waals surface area contributed by atoms with Gasteiger partial charge in [0.25, 0.3) is 5.91 Å². The Labute approximate surface area is 153 Å². The number of amides is 1. The number of rotatable bonds is 6. The molecule has 1 amide bonds. The smallest absolute Gasteiger partial charge is 0.293 e. The molecule has 0 aliphatic rings. The summed E-state index contributed by atoms with van der Waals surface area (Å²) < 4.78 is 11.1. The summed E-state index contributed by atoms with van der Waals surface area (Å²) in [5, 5.41) is 19.0. The molecular weight excluding hydrogens is 352 g/mol. The lowest BCUT2D eigenvalue weighted by Gasteiger charge is -2.08. The van der Waals surface area contributed by atoms with Gasteiger partial charge >= 0.3 is 0 Å². The van der Waals surface area contributed by atoms with Gasteiger partial charge in [0.2, 0.25) is 11.6 Å². The van der Waals surface area contributed by atoms with Crippen LogP contribution in [0, 0.1) is 0 Å². The second-order valence-corrected chi connectivity index (χ2v) is 5.97. The van der Waals surface area contributed by atoms with Crippen molar-refractivity contribution in [3.8, 4) is 5.82 Å². The third-order valence-corrected chi connectivity index (χ3v) is 3.51. The van der Waals surface area contributed by atoms with E-state index in [1.54, 1.807) is 18.4 Å². The number of hydrogen-bond donors (Lipinski definition) is 2. The second-order valence-electron chi connectivity index (χ2n) is 5.97. The van der Waals surface area contributed by atoms with Crippen LogP contribution in [0.3, 0.4) is 0 Å². The summed E-state index contributed by atoms with van der Waals surface area (Å²) >= 11 is 0. The topological polar surface area (TPSA) is 150 Å². The molecule has 0 unspecified atom stereocenters. The fourth-order valence-electron chi connectivity index (χ4n) is 2.34. The van der Waals surface area contributed by atoms with Crippen LogP contribution in [0.5, 0.6) is 0 Å². The number of aromatic nitrogens is 5. The van der Waals surface area contributed by atoms with Gasteiger partial charge in [0.05, 0.1) is 18.2 Å². The molecule has 140 valence electrons. The molecule has 0 aliphatic carbocycles. The Morgan fingerprint density at radius 1 is 1.41 bits per heavy atom. The lowest BCUT2D eigenvalue weighted by Crippen LogP contribution is -2.21. The maximum Gasteiger partial charge on any atom is 0.293 e. The molecule has 0 atom stereocenters. The number of carbonyl (C=O) groups is 1. The van der Waals surface area contributed by atoms with Gasteiger partial charge in [0.1, 0.15) is 5.76 Å². The van der Waals surface area contributed by atoms with Crippen molar-refractivity contribution in [2.24, 2.45) is 5.10 Å². The van der Waals surface area contributed by atoms with Crippen molar-refractivity contribution in [1.82, 2.24) is 30.7 Å². The third kappa shape index (κ3) is 3.92. The van der Waals surface area contributed by atoms with Gasteiger partial charge in [-0.15, -0.1) is 5.10 Å². The Hall–Kier alpha value is -3.76. The first-order chi connectivity index (χ1) is 13.0. The molecular formula is C16H18N8O3. The number of allylic oxidation sites excluding steroid dienone is 1. The van der Waals surface area contributed by atoms with Gasteiger partial charge in [0.15, 0.2) is 5.69 Å². The van der Waals surface area contributed by atoms with Gasteiger partial charge in [-0.05, 0) is 46.9 Å². The Kier molecular flexibility index (Phi) is 5.11. The maximum absolute atomic E-state index is 12.5. The Balaban J connectivity index is 1.78.